The van der Waals surface area contributed by atoms with Crippen molar-refractivity contribution < 1.29 is 9.53 Å². The van der Waals surface area contributed by atoms with Crippen LogP contribution >= 0.6 is 22.9 Å². The Morgan fingerprint density at radius 1 is 1.32 bits per heavy atom. The summed E-state index contributed by atoms with van der Waals surface area (Å²) in [6.07, 6.45) is 1.28. The number of nitrogens with zero attached hydrogens (tertiary/aromatic N) is 1. The zero-order valence-electron chi connectivity index (χ0n) is 12.2. The lowest BCUT2D eigenvalue weighted by atomic mass is 10.2. The molecule has 0 fully saturated rings. The van der Waals surface area contributed by atoms with Gasteiger partial charge in [-0.3, -0.25) is 0 Å². The number of halogens is 1. The van der Waals surface area contributed by atoms with Crippen LogP contribution in [-0.2, 0) is 9.53 Å². The van der Waals surface area contributed by atoms with Crippen LogP contribution in [0.4, 0.5) is 0 Å². The van der Waals surface area contributed by atoms with Crippen molar-refractivity contribution in [1.82, 2.24) is 0 Å². The van der Waals surface area contributed by atoms with E-state index >= 15 is 0 Å². The first-order chi connectivity index (χ1) is 10.5. The third kappa shape index (κ3) is 3.97. The van der Waals surface area contributed by atoms with Crippen molar-refractivity contribution in [3.05, 3.63) is 51.9 Å². The standard InChI is InChI=1S/C17H14ClNO2S/c1-11(2)21-17(20)12(10-19)9-13-7-8-16(22-13)14-5-3-4-6-15(14)18/h3-9,11H,1-2H3/b12-9+. The molecule has 0 aliphatic rings. The van der Waals surface area contributed by atoms with Gasteiger partial charge in [0.15, 0.2) is 0 Å². The predicted molar refractivity (Wildman–Crippen MR) is 89.6 cm³/mol. The monoisotopic (exact) mass is 331 g/mol. The fourth-order valence-corrected chi connectivity index (χ4v) is 3.08. The van der Waals surface area contributed by atoms with Crippen molar-refractivity contribution in [2.24, 2.45) is 0 Å². The third-order valence-corrected chi connectivity index (χ3v) is 4.13. The number of carbonyl (C=O) groups excluding carboxylic acids is 1. The molecule has 0 saturated heterocycles. The Morgan fingerprint density at radius 3 is 2.68 bits per heavy atom. The van der Waals surface area contributed by atoms with Gasteiger partial charge >= 0.3 is 5.97 Å². The number of ether oxygens (including phenoxy) is 1. The normalized spacial score (nSPS) is 11.3. The van der Waals surface area contributed by atoms with E-state index in [9.17, 15) is 4.79 Å². The fraction of sp³-hybridized carbons (Fsp3) is 0.176. The summed E-state index contributed by atoms with van der Waals surface area (Å²) in [5.41, 5.74) is 0.915. The highest BCUT2D eigenvalue weighted by Gasteiger charge is 2.13. The van der Waals surface area contributed by atoms with E-state index in [1.54, 1.807) is 13.8 Å². The largest absolute Gasteiger partial charge is 0.459 e. The number of thiophene rings is 1. The summed E-state index contributed by atoms with van der Waals surface area (Å²) >= 11 is 7.63. The quantitative estimate of drug-likeness (QED) is 0.453. The molecule has 0 radical (unpaired) electrons. The molecule has 0 unspecified atom stereocenters. The van der Waals surface area contributed by atoms with E-state index in [1.807, 2.05) is 42.5 Å². The van der Waals surface area contributed by atoms with Gasteiger partial charge in [-0.2, -0.15) is 5.26 Å². The maximum atomic E-state index is 11.8. The van der Waals surface area contributed by atoms with Gasteiger partial charge in [-0.1, -0.05) is 29.8 Å². The van der Waals surface area contributed by atoms with Crippen molar-refractivity contribution in [2.45, 2.75) is 20.0 Å². The summed E-state index contributed by atoms with van der Waals surface area (Å²) < 4.78 is 5.04. The van der Waals surface area contributed by atoms with E-state index in [4.69, 9.17) is 21.6 Å². The Hall–Kier alpha value is -2.09. The number of hydrogen-bond donors (Lipinski definition) is 0. The summed E-state index contributed by atoms with van der Waals surface area (Å²) in [4.78, 5) is 13.6. The Kier molecular flexibility index (Phi) is 5.37. The van der Waals surface area contributed by atoms with Gasteiger partial charge in [0.25, 0.3) is 0 Å². The zero-order chi connectivity index (χ0) is 16.1. The molecule has 0 bridgehead atoms. The molecule has 0 atom stereocenters. The summed E-state index contributed by atoms with van der Waals surface area (Å²) in [5.74, 6) is -0.606. The highest BCUT2D eigenvalue weighted by Crippen LogP contribution is 2.33. The molecular weight excluding hydrogens is 318 g/mol. The van der Waals surface area contributed by atoms with Crippen LogP contribution in [0, 0.1) is 11.3 Å². The van der Waals surface area contributed by atoms with Gasteiger partial charge < -0.3 is 4.74 Å². The fourth-order valence-electron chi connectivity index (χ4n) is 1.79. The van der Waals surface area contributed by atoms with Crippen molar-refractivity contribution >= 4 is 35.0 Å². The van der Waals surface area contributed by atoms with Gasteiger partial charge in [-0.15, -0.1) is 11.3 Å². The third-order valence-electron chi connectivity index (χ3n) is 2.74. The molecule has 0 aliphatic carbocycles. The first kappa shape index (κ1) is 16.3. The molecule has 22 heavy (non-hydrogen) atoms. The number of rotatable bonds is 4. The molecule has 112 valence electrons. The highest BCUT2D eigenvalue weighted by atomic mass is 35.5. The van der Waals surface area contributed by atoms with Crippen molar-refractivity contribution in [2.75, 3.05) is 0 Å². The topological polar surface area (TPSA) is 50.1 Å². The Morgan fingerprint density at radius 2 is 2.05 bits per heavy atom. The highest BCUT2D eigenvalue weighted by molar-refractivity contribution is 7.16. The van der Waals surface area contributed by atoms with Gasteiger partial charge in [0.2, 0.25) is 0 Å². The van der Waals surface area contributed by atoms with Crippen LogP contribution in [0.5, 0.6) is 0 Å². The molecule has 5 heteroatoms. The van der Waals surface area contributed by atoms with Crippen LogP contribution < -0.4 is 0 Å². The molecule has 3 nitrogen and oxygen atoms in total. The molecule has 1 aromatic heterocycles. The van der Waals surface area contributed by atoms with E-state index in [0.717, 1.165) is 15.3 Å². The van der Waals surface area contributed by atoms with E-state index in [2.05, 4.69) is 0 Å². The number of nitriles is 1. The summed E-state index contributed by atoms with van der Waals surface area (Å²) in [7, 11) is 0. The SMILES string of the molecule is CC(C)OC(=O)/C(C#N)=C/c1ccc(-c2ccccc2Cl)s1. The molecule has 2 rings (SSSR count). The minimum absolute atomic E-state index is 0.0127. The van der Waals surface area contributed by atoms with Crippen LogP contribution in [0.15, 0.2) is 42.0 Å². The number of hydrogen-bond acceptors (Lipinski definition) is 4. The van der Waals surface area contributed by atoms with E-state index in [-0.39, 0.29) is 11.7 Å². The van der Waals surface area contributed by atoms with Crippen LogP contribution in [0.3, 0.4) is 0 Å². The molecule has 1 heterocycles. The lowest BCUT2D eigenvalue weighted by molar-refractivity contribution is -0.142. The van der Waals surface area contributed by atoms with Crippen LogP contribution in [-0.4, -0.2) is 12.1 Å². The zero-order valence-corrected chi connectivity index (χ0v) is 13.7. The van der Waals surface area contributed by atoms with Crippen molar-refractivity contribution in [1.29, 1.82) is 5.26 Å². The average molecular weight is 332 g/mol. The maximum absolute atomic E-state index is 11.8. The first-order valence-electron chi connectivity index (χ1n) is 6.68. The Balaban J connectivity index is 2.28. The number of benzene rings is 1. The molecule has 1 aromatic carbocycles. The minimum Gasteiger partial charge on any atom is -0.459 e. The molecule has 0 spiro atoms. The van der Waals surface area contributed by atoms with Crippen molar-refractivity contribution in [3.8, 4) is 16.5 Å². The number of esters is 1. The first-order valence-corrected chi connectivity index (χ1v) is 7.88. The predicted octanol–water partition coefficient (Wildman–Crippen LogP) is 4.93. The number of carbonyl (C=O) groups is 1. The van der Waals surface area contributed by atoms with E-state index < -0.39 is 5.97 Å². The molecule has 0 aliphatic heterocycles. The molecule has 0 N–H and O–H groups in total. The second-order valence-electron chi connectivity index (χ2n) is 4.81. The Labute approximate surface area is 138 Å². The molecular formula is C17H14ClNO2S. The molecule has 2 aromatic rings. The minimum atomic E-state index is -0.606. The summed E-state index contributed by atoms with van der Waals surface area (Å²) in [6, 6.07) is 13.2. The second kappa shape index (κ2) is 7.26. The lowest BCUT2D eigenvalue weighted by Crippen LogP contribution is -2.12. The molecule has 0 amide bonds. The maximum Gasteiger partial charge on any atom is 0.349 e. The van der Waals surface area contributed by atoms with Gasteiger partial charge in [-0.05, 0) is 38.1 Å². The van der Waals surface area contributed by atoms with Crippen LogP contribution in [0.25, 0.3) is 16.5 Å². The summed E-state index contributed by atoms with van der Waals surface area (Å²) in [5, 5.41) is 9.77. The summed E-state index contributed by atoms with van der Waals surface area (Å²) in [6.45, 7) is 3.49. The van der Waals surface area contributed by atoms with E-state index in [1.165, 1.54) is 17.4 Å². The average Bonchev–Trinajstić information content (AvgIpc) is 2.92. The van der Waals surface area contributed by atoms with Gasteiger partial charge in [0.05, 0.1) is 6.10 Å². The molecule has 0 saturated carbocycles. The van der Waals surface area contributed by atoms with Crippen LogP contribution in [0.1, 0.15) is 18.7 Å². The van der Waals surface area contributed by atoms with E-state index in [0.29, 0.717) is 5.02 Å². The lowest BCUT2D eigenvalue weighted by Gasteiger charge is -2.05. The second-order valence-corrected chi connectivity index (χ2v) is 6.33. The van der Waals surface area contributed by atoms with Gasteiger partial charge in [0, 0.05) is 20.3 Å². The Bertz CT molecular complexity index is 756. The van der Waals surface area contributed by atoms with Gasteiger partial charge in [0.1, 0.15) is 11.6 Å². The van der Waals surface area contributed by atoms with Crippen LogP contribution in [0.2, 0.25) is 5.02 Å². The van der Waals surface area contributed by atoms with Crippen molar-refractivity contribution in [3.63, 3.8) is 0 Å². The smallest absolute Gasteiger partial charge is 0.349 e. The van der Waals surface area contributed by atoms with Gasteiger partial charge in [-0.25, -0.2) is 4.79 Å².